The molecule has 1 N–H and O–H groups in total. The molecule has 0 aliphatic rings. The SMILES string of the molecule is COc1ccc(C(C)=O)cc1CN(C)CC(=O)Nc1ccc(OC(F)(F)F)cc1. The molecular weight excluding hydrogens is 389 g/mol. The van der Waals surface area contributed by atoms with Gasteiger partial charge in [0.05, 0.1) is 13.7 Å². The van der Waals surface area contributed by atoms with E-state index in [1.54, 1.807) is 30.1 Å². The number of nitrogens with zero attached hydrogens (tertiary/aromatic N) is 1. The van der Waals surface area contributed by atoms with Crippen LogP contribution in [0, 0.1) is 0 Å². The lowest BCUT2D eigenvalue weighted by atomic mass is 10.1. The molecule has 0 atom stereocenters. The van der Waals surface area contributed by atoms with Crippen molar-refractivity contribution in [3.05, 3.63) is 53.6 Å². The number of nitrogens with one attached hydrogen (secondary N) is 1. The maximum Gasteiger partial charge on any atom is 0.573 e. The predicted octanol–water partition coefficient (Wildman–Crippen LogP) is 3.87. The van der Waals surface area contributed by atoms with Crippen molar-refractivity contribution in [1.82, 2.24) is 4.90 Å². The van der Waals surface area contributed by atoms with Crippen LogP contribution in [0.25, 0.3) is 0 Å². The van der Waals surface area contributed by atoms with Crippen LogP contribution in [0.1, 0.15) is 22.8 Å². The molecule has 0 aliphatic heterocycles. The zero-order valence-electron chi connectivity index (χ0n) is 16.2. The number of carbonyl (C=O) groups excluding carboxylic acids is 2. The first-order valence-electron chi connectivity index (χ1n) is 8.59. The van der Waals surface area contributed by atoms with Crippen LogP contribution in [-0.4, -0.2) is 43.7 Å². The first-order chi connectivity index (χ1) is 13.6. The molecular formula is C20H21F3N2O4. The van der Waals surface area contributed by atoms with Gasteiger partial charge in [-0.1, -0.05) is 0 Å². The van der Waals surface area contributed by atoms with E-state index in [-0.39, 0.29) is 24.0 Å². The Balaban J connectivity index is 1.95. The minimum atomic E-state index is -4.77. The summed E-state index contributed by atoms with van der Waals surface area (Å²) in [5.41, 5.74) is 1.64. The number of Topliss-reactive ketones (excluding diaryl/α,β-unsaturated/α-hetero) is 1. The highest BCUT2D eigenvalue weighted by Gasteiger charge is 2.30. The molecule has 2 rings (SSSR count). The van der Waals surface area contributed by atoms with Gasteiger partial charge in [-0.15, -0.1) is 13.2 Å². The largest absolute Gasteiger partial charge is 0.573 e. The number of ketones is 1. The molecule has 0 unspecified atom stereocenters. The minimum Gasteiger partial charge on any atom is -0.496 e. The van der Waals surface area contributed by atoms with Gasteiger partial charge >= 0.3 is 6.36 Å². The Morgan fingerprint density at radius 3 is 2.31 bits per heavy atom. The number of hydrogen-bond donors (Lipinski definition) is 1. The summed E-state index contributed by atoms with van der Waals surface area (Å²) in [6, 6.07) is 9.95. The maximum absolute atomic E-state index is 12.2. The molecule has 156 valence electrons. The Bertz CT molecular complexity index is 867. The van der Waals surface area contributed by atoms with Crippen LogP contribution >= 0.6 is 0 Å². The van der Waals surface area contributed by atoms with E-state index in [4.69, 9.17) is 4.74 Å². The average Bonchev–Trinajstić information content (AvgIpc) is 2.61. The van der Waals surface area contributed by atoms with Gasteiger partial charge in [0.15, 0.2) is 5.78 Å². The van der Waals surface area contributed by atoms with Crippen molar-refractivity contribution in [1.29, 1.82) is 0 Å². The van der Waals surface area contributed by atoms with Gasteiger partial charge in [0.2, 0.25) is 5.91 Å². The smallest absolute Gasteiger partial charge is 0.496 e. The highest BCUT2D eigenvalue weighted by molar-refractivity contribution is 5.94. The highest BCUT2D eigenvalue weighted by Crippen LogP contribution is 2.24. The number of alkyl halides is 3. The monoisotopic (exact) mass is 410 g/mol. The van der Waals surface area contributed by atoms with Crippen molar-refractivity contribution in [2.24, 2.45) is 0 Å². The van der Waals surface area contributed by atoms with Crippen LogP contribution in [0.15, 0.2) is 42.5 Å². The lowest BCUT2D eigenvalue weighted by Gasteiger charge is -2.18. The normalized spacial score (nSPS) is 11.3. The summed E-state index contributed by atoms with van der Waals surface area (Å²) in [4.78, 5) is 25.5. The van der Waals surface area contributed by atoms with Gasteiger partial charge < -0.3 is 14.8 Å². The fourth-order valence-electron chi connectivity index (χ4n) is 2.65. The quantitative estimate of drug-likeness (QED) is 0.670. The first kappa shape index (κ1) is 22.2. The second kappa shape index (κ2) is 9.42. The molecule has 1 amide bonds. The van der Waals surface area contributed by atoms with Crippen molar-refractivity contribution in [3.63, 3.8) is 0 Å². The summed E-state index contributed by atoms with van der Waals surface area (Å²) in [7, 11) is 3.24. The Hall–Kier alpha value is -3.07. The van der Waals surface area contributed by atoms with Gasteiger partial charge in [0.1, 0.15) is 11.5 Å². The van der Waals surface area contributed by atoms with Crippen LogP contribution in [-0.2, 0) is 11.3 Å². The summed E-state index contributed by atoms with van der Waals surface area (Å²) in [6.45, 7) is 1.85. The molecule has 2 aromatic rings. The van der Waals surface area contributed by atoms with Crippen molar-refractivity contribution in [2.45, 2.75) is 19.8 Å². The third-order valence-corrected chi connectivity index (χ3v) is 3.91. The number of hydrogen-bond acceptors (Lipinski definition) is 5. The third kappa shape index (κ3) is 7.11. The van der Waals surface area contributed by atoms with Crippen LogP contribution < -0.4 is 14.8 Å². The number of halogens is 3. The van der Waals surface area contributed by atoms with Crippen LogP contribution in [0.4, 0.5) is 18.9 Å². The highest BCUT2D eigenvalue weighted by atomic mass is 19.4. The molecule has 9 heteroatoms. The Labute approximate surface area is 166 Å². The van der Waals surface area contributed by atoms with Gasteiger partial charge in [0, 0.05) is 23.4 Å². The summed E-state index contributed by atoms with van der Waals surface area (Å²) in [5.74, 6) is -0.196. The lowest BCUT2D eigenvalue weighted by Crippen LogP contribution is -2.30. The molecule has 29 heavy (non-hydrogen) atoms. The van der Waals surface area contributed by atoms with E-state index in [0.29, 0.717) is 23.5 Å². The standard InChI is InChI=1S/C20H21F3N2O4/c1-13(26)14-4-9-18(28-3)15(10-14)11-25(2)12-19(27)24-16-5-7-17(8-6-16)29-20(21,22)23/h4-10H,11-12H2,1-3H3,(H,24,27). The zero-order chi connectivity index (χ0) is 21.6. The molecule has 0 saturated carbocycles. The average molecular weight is 410 g/mol. The van der Waals surface area contributed by atoms with E-state index >= 15 is 0 Å². The van der Waals surface area contributed by atoms with Gasteiger partial charge in [-0.25, -0.2) is 0 Å². The molecule has 2 aromatic carbocycles. The summed E-state index contributed by atoms with van der Waals surface area (Å²) in [6.07, 6.45) is -4.77. The Morgan fingerprint density at radius 1 is 1.10 bits per heavy atom. The minimum absolute atomic E-state index is 0.0221. The fourth-order valence-corrected chi connectivity index (χ4v) is 2.65. The van der Waals surface area contributed by atoms with E-state index in [1.165, 1.54) is 26.2 Å². The van der Waals surface area contributed by atoms with E-state index < -0.39 is 6.36 Å². The molecule has 0 radical (unpaired) electrons. The molecule has 0 spiro atoms. The second-order valence-corrected chi connectivity index (χ2v) is 6.38. The van der Waals surface area contributed by atoms with Crippen molar-refractivity contribution >= 4 is 17.4 Å². The number of amides is 1. The molecule has 0 saturated heterocycles. The topological polar surface area (TPSA) is 67.9 Å². The molecule has 0 aromatic heterocycles. The van der Waals surface area contributed by atoms with E-state index in [0.717, 1.165) is 17.7 Å². The number of methoxy groups -OCH3 is 1. The summed E-state index contributed by atoms with van der Waals surface area (Å²) < 4.78 is 45.6. The molecule has 0 heterocycles. The Kier molecular flexibility index (Phi) is 7.22. The first-order valence-corrected chi connectivity index (χ1v) is 8.59. The zero-order valence-corrected chi connectivity index (χ0v) is 16.2. The third-order valence-electron chi connectivity index (χ3n) is 3.91. The van der Waals surface area contributed by atoms with Gasteiger partial charge in [-0.2, -0.15) is 0 Å². The summed E-state index contributed by atoms with van der Waals surface area (Å²) in [5, 5.41) is 2.60. The van der Waals surface area contributed by atoms with Gasteiger partial charge in [0.25, 0.3) is 0 Å². The van der Waals surface area contributed by atoms with Crippen LogP contribution in [0.3, 0.4) is 0 Å². The molecule has 0 fully saturated rings. The van der Waals surface area contributed by atoms with Crippen molar-refractivity contribution < 1.29 is 32.2 Å². The maximum atomic E-state index is 12.2. The van der Waals surface area contributed by atoms with E-state index in [9.17, 15) is 22.8 Å². The van der Waals surface area contributed by atoms with E-state index in [1.807, 2.05) is 0 Å². The van der Waals surface area contributed by atoms with Crippen molar-refractivity contribution in [2.75, 3.05) is 26.0 Å². The van der Waals surface area contributed by atoms with E-state index in [2.05, 4.69) is 10.1 Å². The molecule has 0 bridgehead atoms. The number of ether oxygens (including phenoxy) is 2. The molecule has 0 aliphatic carbocycles. The number of rotatable bonds is 8. The van der Waals surface area contributed by atoms with Gasteiger partial charge in [-0.05, 0) is 56.4 Å². The number of likely N-dealkylation sites (N-methyl/N-ethyl adjacent to an activating group) is 1. The number of anilines is 1. The van der Waals surface area contributed by atoms with Crippen molar-refractivity contribution in [3.8, 4) is 11.5 Å². The van der Waals surface area contributed by atoms with Crippen LogP contribution in [0.2, 0.25) is 0 Å². The number of benzene rings is 2. The second-order valence-electron chi connectivity index (χ2n) is 6.38. The number of carbonyl (C=O) groups is 2. The Morgan fingerprint density at radius 2 is 1.76 bits per heavy atom. The molecule has 6 nitrogen and oxygen atoms in total. The lowest BCUT2D eigenvalue weighted by molar-refractivity contribution is -0.274. The van der Waals surface area contributed by atoms with Gasteiger partial charge in [-0.3, -0.25) is 14.5 Å². The van der Waals surface area contributed by atoms with Crippen LogP contribution in [0.5, 0.6) is 11.5 Å². The predicted molar refractivity (Wildman–Crippen MR) is 101 cm³/mol. The fraction of sp³-hybridized carbons (Fsp3) is 0.300. The summed E-state index contributed by atoms with van der Waals surface area (Å²) >= 11 is 0.